The van der Waals surface area contributed by atoms with Gasteiger partial charge in [0.15, 0.2) is 0 Å². The number of nitrogens with one attached hydrogen (secondary N) is 1. The van der Waals surface area contributed by atoms with Crippen LogP contribution in [0.25, 0.3) is 11.0 Å². The fourth-order valence-electron chi connectivity index (χ4n) is 3.09. The van der Waals surface area contributed by atoms with Gasteiger partial charge in [-0.25, -0.2) is 13.2 Å². The lowest BCUT2D eigenvalue weighted by molar-refractivity contribution is -0.385. The number of unbranched alkanes of at least 4 members (excludes halogenated alkanes) is 1. The van der Waals surface area contributed by atoms with Crippen LogP contribution in [0.5, 0.6) is 0 Å². The molecular formula is C21H22N2O7S. The molecule has 0 aliphatic rings. The second kappa shape index (κ2) is 8.76. The first-order valence-electron chi connectivity index (χ1n) is 9.62. The molecule has 10 heteroatoms. The van der Waals surface area contributed by atoms with Crippen molar-refractivity contribution in [1.29, 1.82) is 0 Å². The summed E-state index contributed by atoms with van der Waals surface area (Å²) in [5.74, 6) is -0.176. The summed E-state index contributed by atoms with van der Waals surface area (Å²) in [6.45, 7) is 5.41. The minimum atomic E-state index is -4.10. The zero-order valence-electron chi connectivity index (χ0n) is 17.3. The average molecular weight is 446 g/mol. The van der Waals surface area contributed by atoms with E-state index in [9.17, 15) is 23.3 Å². The molecule has 0 radical (unpaired) electrons. The predicted octanol–water partition coefficient (Wildman–Crippen LogP) is 4.72. The van der Waals surface area contributed by atoms with Crippen molar-refractivity contribution in [2.24, 2.45) is 0 Å². The highest BCUT2D eigenvalue weighted by molar-refractivity contribution is 7.92. The van der Waals surface area contributed by atoms with Gasteiger partial charge in [-0.2, -0.15) is 0 Å². The van der Waals surface area contributed by atoms with E-state index in [1.807, 2.05) is 6.92 Å². The fourth-order valence-corrected chi connectivity index (χ4v) is 4.15. The summed E-state index contributed by atoms with van der Waals surface area (Å²) in [6.07, 6.45) is 1.61. The van der Waals surface area contributed by atoms with E-state index in [-0.39, 0.29) is 28.4 Å². The van der Waals surface area contributed by atoms with E-state index in [1.165, 1.54) is 31.2 Å². The molecule has 0 bridgehead atoms. The first kappa shape index (κ1) is 22.3. The number of hydrogen-bond acceptors (Lipinski definition) is 7. The molecule has 164 valence electrons. The number of anilines is 1. The SMILES string of the molecule is CCCCOC(=O)c1c(C)oc2ccc(NS(=O)(=O)c3ccc(C)c([N+](=O)[O-])c3)cc12. The van der Waals surface area contributed by atoms with Gasteiger partial charge in [-0.3, -0.25) is 14.8 Å². The van der Waals surface area contributed by atoms with Crippen molar-refractivity contribution in [1.82, 2.24) is 0 Å². The summed E-state index contributed by atoms with van der Waals surface area (Å²) >= 11 is 0. The number of rotatable bonds is 8. The van der Waals surface area contributed by atoms with Crippen LogP contribution in [0.15, 0.2) is 45.7 Å². The van der Waals surface area contributed by atoms with Crippen LogP contribution in [0.3, 0.4) is 0 Å². The summed E-state index contributed by atoms with van der Waals surface area (Å²) in [5, 5.41) is 11.6. The smallest absolute Gasteiger partial charge is 0.342 e. The molecule has 3 aromatic rings. The van der Waals surface area contributed by atoms with Crippen LogP contribution in [0.1, 0.15) is 41.4 Å². The van der Waals surface area contributed by atoms with Gasteiger partial charge in [0.2, 0.25) is 0 Å². The topological polar surface area (TPSA) is 129 Å². The van der Waals surface area contributed by atoms with Gasteiger partial charge in [0.05, 0.1) is 16.4 Å². The van der Waals surface area contributed by atoms with Crippen LogP contribution in [0.2, 0.25) is 0 Å². The molecule has 2 aromatic carbocycles. The van der Waals surface area contributed by atoms with Gasteiger partial charge < -0.3 is 9.15 Å². The quantitative estimate of drug-likeness (QED) is 0.229. The molecule has 3 rings (SSSR count). The maximum atomic E-state index is 12.8. The van der Waals surface area contributed by atoms with Crippen molar-refractivity contribution in [2.45, 2.75) is 38.5 Å². The average Bonchev–Trinajstić information content (AvgIpc) is 3.02. The fraction of sp³-hybridized carbons (Fsp3) is 0.286. The third-order valence-electron chi connectivity index (χ3n) is 4.74. The number of carbonyl (C=O) groups is 1. The Morgan fingerprint density at radius 3 is 2.61 bits per heavy atom. The molecule has 1 N–H and O–H groups in total. The van der Waals surface area contributed by atoms with Gasteiger partial charge in [0, 0.05) is 22.7 Å². The molecule has 1 aromatic heterocycles. The molecule has 31 heavy (non-hydrogen) atoms. The number of sulfonamides is 1. The van der Waals surface area contributed by atoms with Crippen molar-refractivity contribution in [3.63, 3.8) is 0 Å². The zero-order chi connectivity index (χ0) is 22.8. The van der Waals surface area contributed by atoms with E-state index in [0.717, 1.165) is 18.9 Å². The van der Waals surface area contributed by atoms with Crippen LogP contribution in [0, 0.1) is 24.0 Å². The normalized spacial score (nSPS) is 11.5. The van der Waals surface area contributed by atoms with E-state index >= 15 is 0 Å². The molecule has 0 amide bonds. The van der Waals surface area contributed by atoms with E-state index in [0.29, 0.717) is 22.3 Å². The highest BCUT2D eigenvalue weighted by Gasteiger charge is 2.23. The van der Waals surface area contributed by atoms with Crippen LogP contribution in [-0.2, 0) is 14.8 Å². The Labute approximate surface area is 179 Å². The first-order chi connectivity index (χ1) is 14.6. The summed E-state index contributed by atoms with van der Waals surface area (Å²) < 4.78 is 38.8. The molecule has 0 aliphatic carbocycles. The second-order valence-corrected chi connectivity index (χ2v) is 8.73. The second-order valence-electron chi connectivity index (χ2n) is 7.04. The number of furan rings is 1. The Bertz CT molecular complexity index is 1260. The molecule has 0 atom stereocenters. The lowest BCUT2D eigenvalue weighted by atomic mass is 10.1. The van der Waals surface area contributed by atoms with Gasteiger partial charge in [0.25, 0.3) is 15.7 Å². The predicted molar refractivity (Wildman–Crippen MR) is 115 cm³/mol. The summed E-state index contributed by atoms with van der Waals surface area (Å²) in [6, 6.07) is 8.18. The number of nitro groups is 1. The van der Waals surface area contributed by atoms with Gasteiger partial charge >= 0.3 is 5.97 Å². The number of nitro benzene ring substituents is 1. The number of esters is 1. The third-order valence-corrected chi connectivity index (χ3v) is 6.12. The number of nitrogens with zero attached hydrogens (tertiary/aromatic N) is 1. The van der Waals surface area contributed by atoms with Crippen LogP contribution in [0.4, 0.5) is 11.4 Å². The number of aryl methyl sites for hydroxylation is 2. The Morgan fingerprint density at radius 1 is 1.19 bits per heavy atom. The van der Waals surface area contributed by atoms with E-state index < -0.39 is 20.9 Å². The molecule has 0 spiro atoms. The summed E-state index contributed by atoms with van der Waals surface area (Å²) in [7, 11) is -4.10. The van der Waals surface area contributed by atoms with E-state index in [2.05, 4.69) is 4.72 Å². The van der Waals surface area contributed by atoms with Gasteiger partial charge in [0.1, 0.15) is 16.9 Å². The first-order valence-corrected chi connectivity index (χ1v) is 11.1. The Hall–Kier alpha value is -3.40. The van der Waals surface area contributed by atoms with Crippen molar-refractivity contribution < 1.29 is 27.3 Å². The van der Waals surface area contributed by atoms with Crippen molar-refractivity contribution >= 4 is 38.3 Å². The minimum Gasteiger partial charge on any atom is -0.462 e. The Morgan fingerprint density at radius 2 is 1.94 bits per heavy atom. The molecule has 0 aliphatic heterocycles. The summed E-state index contributed by atoms with van der Waals surface area (Å²) in [5.41, 5.74) is 0.887. The lowest BCUT2D eigenvalue weighted by Gasteiger charge is -2.09. The van der Waals surface area contributed by atoms with Crippen molar-refractivity contribution in [3.8, 4) is 0 Å². The third kappa shape index (κ3) is 4.69. The van der Waals surface area contributed by atoms with Crippen molar-refractivity contribution in [2.75, 3.05) is 11.3 Å². The van der Waals surface area contributed by atoms with Crippen LogP contribution >= 0.6 is 0 Å². The van der Waals surface area contributed by atoms with Crippen LogP contribution in [-0.4, -0.2) is 25.9 Å². The Kier molecular flexibility index (Phi) is 6.30. The van der Waals surface area contributed by atoms with Gasteiger partial charge in [-0.15, -0.1) is 0 Å². The number of benzene rings is 2. The molecule has 0 saturated heterocycles. The number of fused-ring (bicyclic) bond motifs is 1. The largest absolute Gasteiger partial charge is 0.462 e. The number of ether oxygens (including phenoxy) is 1. The number of carbonyl (C=O) groups excluding carboxylic acids is 1. The van der Waals surface area contributed by atoms with Crippen LogP contribution < -0.4 is 4.72 Å². The van der Waals surface area contributed by atoms with E-state index in [4.69, 9.17) is 9.15 Å². The maximum absolute atomic E-state index is 12.8. The monoisotopic (exact) mass is 446 g/mol. The maximum Gasteiger partial charge on any atom is 0.342 e. The van der Waals surface area contributed by atoms with Gasteiger partial charge in [-0.1, -0.05) is 19.4 Å². The minimum absolute atomic E-state index is 0.180. The molecule has 9 nitrogen and oxygen atoms in total. The molecule has 0 unspecified atom stereocenters. The molecular weight excluding hydrogens is 424 g/mol. The van der Waals surface area contributed by atoms with Gasteiger partial charge in [-0.05, 0) is 44.5 Å². The number of hydrogen-bond donors (Lipinski definition) is 1. The molecule has 1 heterocycles. The highest BCUT2D eigenvalue weighted by Crippen LogP contribution is 2.30. The van der Waals surface area contributed by atoms with Crippen molar-refractivity contribution in [3.05, 3.63) is 63.4 Å². The highest BCUT2D eigenvalue weighted by atomic mass is 32.2. The lowest BCUT2D eigenvalue weighted by Crippen LogP contribution is -2.13. The molecule has 0 fully saturated rings. The zero-order valence-corrected chi connectivity index (χ0v) is 18.1. The molecule has 0 saturated carbocycles. The van der Waals surface area contributed by atoms with E-state index in [1.54, 1.807) is 13.0 Å². The standard InChI is InChI=1S/C21H22N2O7S/c1-4-5-10-29-21(24)20-14(3)30-19-9-7-15(11-17(19)20)22-31(27,28)16-8-6-13(2)18(12-16)23(25)26/h6-9,11-12,22H,4-5,10H2,1-3H3. The Balaban J connectivity index is 1.95. The summed E-state index contributed by atoms with van der Waals surface area (Å²) in [4.78, 5) is 22.7.